The van der Waals surface area contributed by atoms with Crippen molar-refractivity contribution < 1.29 is 4.18 Å². The summed E-state index contributed by atoms with van der Waals surface area (Å²) in [7, 11) is -1.52. The second-order valence-electron chi connectivity index (χ2n) is 10.3. The molecule has 0 radical (unpaired) electrons. The van der Waals surface area contributed by atoms with Gasteiger partial charge in [-0.15, -0.1) is 0 Å². The van der Waals surface area contributed by atoms with Gasteiger partial charge in [-0.05, 0) is 78.6 Å². The predicted molar refractivity (Wildman–Crippen MR) is 153 cm³/mol. The van der Waals surface area contributed by atoms with Crippen LogP contribution < -0.4 is 4.18 Å². The highest BCUT2D eigenvalue weighted by Crippen LogP contribution is 2.56. The summed E-state index contributed by atoms with van der Waals surface area (Å²) in [5.74, 6) is 0.795. The number of hydrogen-bond acceptors (Lipinski definition) is 2. The average molecular weight is 474 g/mol. The average Bonchev–Trinajstić information content (AvgIpc) is 2.78. The molecule has 0 heterocycles. The zero-order valence-corrected chi connectivity index (χ0v) is 22.7. The van der Waals surface area contributed by atoms with E-state index in [-0.39, 0.29) is 10.7 Å². The number of allylic oxidation sites excluding steroid dienone is 1. The molecule has 0 saturated heterocycles. The van der Waals surface area contributed by atoms with E-state index >= 15 is 0 Å². The van der Waals surface area contributed by atoms with Crippen molar-refractivity contribution in [3.05, 3.63) is 95.1 Å². The number of rotatable bonds is 7. The monoisotopic (exact) mass is 473 g/mol. The molecule has 0 saturated carbocycles. The lowest BCUT2D eigenvalue weighted by Crippen LogP contribution is -2.14. The quantitative estimate of drug-likeness (QED) is 0.341. The van der Waals surface area contributed by atoms with Gasteiger partial charge in [0.05, 0.1) is 0 Å². The van der Waals surface area contributed by atoms with Gasteiger partial charge in [0.1, 0.15) is 5.75 Å². The van der Waals surface area contributed by atoms with Crippen molar-refractivity contribution in [3.63, 3.8) is 0 Å². The van der Waals surface area contributed by atoms with Crippen LogP contribution in [-0.4, -0.2) is 18.2 Å². The van der Waals surface area contributed by atoms with Crippen LogP contribution in [0.4, 0.5) is 0 Å². The van der Waals surface area contributed by atoms with Crippen LogP contribution in [-0.2, 0) is 5.41 Å². The Labute approximate surface area is 208 Å². The summed E-state index contributed by atoms with van der Waals surface area (Å²) in [5, 5.41) is 8.34. The topological polar surface area (TPSA) is 33.1 Å². The third kappa shape index (κ3) is 5.64. The van der Waals surface area contributed by atoms with E-state index < -0.39 is 10.3 Å². The molecule has 0 aliphatic carbocycles. The Balaban J connectivity index is 2.03. The van der Waals surface area contributed by atoms with Crippen LogP contribution in [0.25, 0.3) is 17.2 Å². The van der Waals surface area contributed by atoms with Crippen molar-refractivity contribution in [2.24, 2.45) is 0 Å². The highest BCUT2D eigenvalue weighted by atomic mass is 32.3. The Morgan fingerprint density at radius 3 is 2.18 bits per heavy atom. The molecular formula is C31H39NOS. The fourth-order valence-electron chi connectivity index (χ4n) is 4.15. The molecule has 34 heavy (non-hydrogen) atoms. The Morgan fingerprint density at radius 1 is 0.941 bits per heavy atom. The fourth-order valence-corrected chi connectivity index (χ4v) is 5.72. The fraction of sp³-hybridized carbons (Fsp3) is 0.323. The van der Waals surface area contributed by atoms with Crippen molar-refractivity contribution in [2.75, 3.05) is 12.5 Å². The van der Waals surface area contributed by atoms with E-state index in [9.17, 15) is 0 Å². The van der Waals surface area contributed by atoms with Crippen LogP contribution in [0.2, 0.25) is 0 Å². The molecule has 0 aliphatic heterocycles. The molecule has 2 nitrogen and oxygen atoms in total. The van der Waals surface area contributed by atoms with E-state index in [1.165, 1.54) is 27.8 Å². The first-order valence-electron chi connectivity index (χ1n) is 11.9. The van der Waals surface area contributed by atoms with Gasteiger partial charge in [0, 0.05) is 16.5 Å². The molecule has 1 N–H and O–H groups in total. The molecule has 1 atom stereocenters. The molecule has 0 aliphatic rings. The van der Waals surface area contributed by atoms with Crippen LogP contribution >= 0.6 is 10.3 Å². The molecule has 0 aromatic heterocycles. The van der Waals surface area contributed by atoms with Gasteiger partial charge < -0.3 is 9.59 Å². The SMILES string of the molecule is C/C=C/c1c(-c2ccc(C(C)(C)C)cc2)cccc1C(C)S(C)(C)Oc1ccccc1C(C)=N. The van der Waals surface area contributed by atoms with Crippen molar-refractivity contribution in [2.45, 2.75) is 52.2 Å². The smallest absolute Gasteiger partial charge is 0.143 e. The summed E-state index contributed by atoms with van der Waals surface area (Å²) in [5.41, 5.74) is 7.87. The lowest BCUT2D eigenvalue weighted by atomic mass is 9.85. The Hall–Kier alpha value is -2.78. The molecule has 0 spiro atoms. The lowest BCUT2D eigenvalue weighted by Gasteiger charge is -2.39. The summed E-state index contributed by atoms with van der Waals surface area (Å²) < 4.78 is 6.66. The minimum Gasteiger partial charge on any atom is -0.448 e. The van der Waals surface area contributed by atoms with Crippen molar-refractivity contribution in [3.8, 4) is 16.9 Å². The van der Waals surface area contributed by atoms with E-state index in [1.54, 1.807) is 0 Å². The summed E-state index contributed by atoms with van der Waals surface area (Å²) in [6.45, 7) is 12.9. The van der Waals surface area contributed by atoms with Gasteiger partial charge in [0.15, 0.2) is 0 Å². The molecule has 3 aromatic carbocycles. The van der Waals surface area contributed by atoms with E-state index in [4.69, 9.17) is 9.59 Å². The Morgan fingerprint density at radius 2 is 1.59 bits per heavy atom. The predicted octanol–water partition coefficient (Wildman–Crippen LogP) is 9.19. The van der Waals surface area contributed by atoms with Crippen LogP contribution in [0, 0.1) is 5.41 Å². The molecule has 3 rings (SSSR count). The summed E-state index contributed by atoms with van der Waals surface area (Å²) in [4.78, 5) is 0. The van der Waals surface area contributed by atoms with E-state index in [1.807, 2.05) is 31.2 Å². The highest BCUT2D eigenvalue weighted by molar-refractivity contribution is 8.29. The van der Waals surface area contributed by atoms with Crippen molar-refractivity contribution in [1.29, 1.82) is 5.41 Å². The first-order valence-corrected chi connectivity index (χ1v) is 14.3. The van der Waals surface area contributed by atoms with Crippen LogP contribution in [0.3, 0.4) is 0 Å². The second-order valence-corrected chi connectivity index (χ2v) is 13.8. The Kier molecular flexibility index (Phi) is 7.77. The van der Waals surface area contributed by atoms with Gasteiger partial charge in [0.25, 0.3) is 0 Å². The van der Waals surface area contributed by atoms with Crippen molar-refractivity contribution >= 4 is 22.1 Å². The highest BCUT2D eigenvalue weighted by Gasteiger charge is 2.28. The Bertz CT molecular complexity index is 1180. The molecular weight excluding hydrogens is 434 g/mol. The third-order valence-electron chi connectivity index (χ3n) is 6.42. The molecule has 3 heteroatoms. The molecule has 0 bridgehead atoms. The number of hydrogen-bond donors (Lipinski definition) is 1. The van der Waals surface area contributed by atoms with Crippen LogP contribution in [0.15, 0.2) is 72.8 Å². The van der Waals surface area contributed by atoms with Gasteiger partial charge in [-0.2, -0.15) is 0 Å². The number of para-hydroxylation sites is 1. The molecule has 0 fully saturated rings. The zero-order chi connectivity index (χ0) is 25.1. The van der Waals surface area contributed by atoms with Gasteiger partial charge in [0.2, 0.25) is 0 Å². The van der Waals surface area contributed by atoms with Gasteiger partial charge in [-0.1, -0.05) is 97.8 Å². The third-order valence-corrected chi connectivity index (χ3v) is 8.99. The van der Waals surface area contributed by atoms with Gasteiger partial charge in [-0.3, -0.25) is 0 Å². The summed E-state index contributed by atoms with van der Waals surface area (Å²) in [6.07, 6.45) is 8.79. The molecule has 3 aromatic rings. The number of benzene rings is 3. The zero-order valence-electron chi connectivity index (χ0n) is 21.9. The van der Waals surface area contributed by atoms with Crippen LogP contribution in [0.1, 0.15) is 69.0 Å². The maximum Gasteiger partial charge on any atom is 0.143 e. The number of nitrogens with one attached hydrogen (secondary N) is 1. The van der Waals surface area contributed by atoms with E-state index in [2.05, 4.69) is 102 Å². The largest absolute Gasteiger partial charge is 0.448 e. The first kappa shape index (κ1) is 25.8. The lowest BCUT2D eigenvalue weighted by molar-refractivity contribution is 0.590. The first-order chi connectivity index (χ1) is 16.0. The normalized spacial score (nSPS) is 13.6. The summed E-state index contributed by atoms with van der Waals surface area (Å²) >= 11 is 0. The molecule has 1 unspecified atom stereocenters. The van der Waals surface area contributed by atoms with E-state index in [0.717, 1.165) is 11.3 Å². The minimum atomic E-state index is -1.52. The minimum absolute atomic E-state index is 0.136. The van der Waals surface area contributed by atoms with Crippen molar-refractivity contribution in [1.82, 2.24) is 0 Å². The van der Waals surface area contributed by atoms with E-state index in [0.29, 0.717) is 5.71 Å². The maximum absolute atomic E-state index is 8.14. The van der Waals surface area contributed by atoms with Gasteiger partial charge in [-0.25, -0.2) is 0 Å². The second kappa shape index (κ2) is 10.2. The van der Waals surface area contributed by atoms with Crippen LogP contribution in [0.5, 0.6) is 5.75 Å². The maximum atomic E-state index is 8.14. The standard InChI is InChI=1S/C31H39NOS/c1-9-13-29-27(15-12-16-28(29)24-18-20-25(21-19-24)31(4,5)6)23(3)34(7,8)33-30-17-11-10-14-26(30)22(2)32/h9-21,23,32H,1-8H3/b13-9+,32-22?. The molecule has 0 amide bonds. The summed E-state index contributed by atoms with van der Waals surface area (Å²) in [6, 6.07) is 23.5. The molecule has 180 valence electrons. The van der Waals surface area contributed by atoms with Gasteiger partial charge >= 0.3 is 0 Å².